The van der Waals surface area contributed by atoms with E-state index >= 15 is 0 Å². The van der Waals surface area contributed by atoms with E-state index in [0.29, 0.717) is 18.4 Å². The minimum absolute atomic E-state index is 0.398. The van der Waals surface area contributed by atoms with Gasteiger partial charge >= 0.3 is 5.97 Å². The highest BCUT2D eigenvalue weighted by Gasteiger charge is 2.33. The fourth-order valence-electron chi connectivity index (χ4n) is 2.01. The van der Waals surface area contributed by atoms with Crippen molar-refractivity contribution in [3.05, 3.63) is 35.1 Å². The summed E-state index contributed by atoms with van der Waals surface area (Å²) in [7, 11) is 0. The van der Waals surface area contributed by atoms with Crippen LogP contribution in [-0.4, -0.2) is 16.2 Å². The van der Waals surface area contributed by atoms with Gasteiger partial charge < -0.3 is 10.2 Å². The molecule has 2 rings (SSSR count). The van der Waals surface area contributed by atoms with Crippen molar-refractivity contribution < 1.29 is 19.4 Å². The first kappa shape index (κ1) is 10.1. The number of aliphatic hydroxyl groups excluding tert-OH is 1. The molecule has 0 fully saturated rings. The van der Waals surface area contributed by atoms with Crippen LogP contribution in [0.2, 0.25) is 0 Å². The van der Waals surface area contributed by atoms with E-state index in [9.17, 15) is 14.3 Å². The number of hydrogen-bond donors (Lipinski definition) is 2. The van der Waals surface area contributed by atoms with Crippen molar-refractivity contribution in [1.82, 2.24) is 0 Å². The summed E-state index contributed by atoms with van der Waals surface area (Å²) in [5.41, 5.74) is 1.25. The molecule has 0 heterocycles. The van der Waals surface area contributed by atoms with Crippen molar-refractivity contribution in [3.8, 4) is 0 Å². The number of aryl methyl sites for hydroxylation is 1. The second-order valence-corrected chi connectivity index (χ2v) is 3.77. The molecule has 2 unspecified atom stereocenters. The summed E-state index contributed by atoms with van der Waals surface area (Å²) >= 11 is 0. The first-order chi connectivity index (χ1) is 7.09. The molecular weight excluding hydrogens is 199 g/mol. The number of carboxylic acid groups (broad SMARTS) is 1. The maximum Gasteiger partial charge on any atom is 0.309 e. The highest BCUT2D eigenvalue weighted by atomic mass is 19.1. The van der Waals surface area contributed by atoms with Crippen molar-refractivity contribution in [1.29, 1.82) is 0 Å². The molecule has 1 aromatic carbocycles. The zero-order valence-electron chi connectivity index (χ0n) is 7.98. The van der Waals surface area contributed by atoms with E-state index in [1.807, 2.05) is 0 Å². The van der Waals surface area contributed by atoms with E-state index in [-0.39, 0.29) is 0 Å². The maximum absolute atomic E-state index is 12.9. The Bertz CT molecular complexity index is 403. The monoisotopic (exact) mass is 210 g/mol. The summed E-state index contributed by atoms with van der Waals surface area (Å²) in [6, 6.07) is 4.15. The Morgan fingerprint density at radius 1 is 1.47 bits per heavy atom. The number of carbonyl (C=O) groups is 1. The van der Waals surface area contributed by atoms with Gasteiger partial charge in [0, 0.05) is 0 Å². The summed E-state index contributed by atoms with van der Waals surface area (Å²) in [6.07, 6.45) is -0.124. The zero-order valence-corrected chi connectivity index (χ0v) is 7.98. The van der Waals surface area contributed by atoms with Crippen LogP contribution in [0.3, 0.4) is 0 Å². The van der Waals surface area contributed by atoms with Gasteiger partial charge in [-0.05, 0) is 36.1 Å². The average Bonchev–Trinajstić information content (AvgIpc) is 2.19. The van der Waals surface area contributed by atoms with Crippen LogP contribution in [0.25, 0.3) is 0 Å². The predicted octanol–water partition coefficient (Wildman–Crippen LogP) is 1.51. The SMILES string of the molecule is O=C(O)C1CCc2ccc(F)cc2C1O. The molecule has 1 aliphatic rings. The predicted molar refractivity (Wildman–Crippen MR) is 50.8 cm³/mol. The molecule has 3 nitrogen and oxygen atoms in total. The minimum atomic E-state index is -1.10. The molecule has 1 aromatic rings. The molecule has 4 heteroatoms. The van der Waals surface area contributed by atoms with Crippen molar-refractivity contribution >= 4 is 5.97 Å². The van der Waals surface area contributed by atoms with Crippen LogP contribution < -0.4 is 0 Å². The molecule has 0 spiro atoms. The smallest absolute Gasteiger partial charge is 0.309 e. The van der Waals surface area contributed by atoms with Crippen LogP contribution in [-0.2, 0) is 11.2 Å². The number of benzene rings is 1. The lowest BCUT2D eigenvalue weighted by molar-refractivity contribution is -0.146. The first-order valence-electron chi connectivity index (χ1n) is 4.79. The summed E-state index contributed by atoms with van der Waals surface area (Å²) in [6.45, 7) is 0. The molecule has 0 saturated heterocycles. The van der Waals surface area contributed by atoms with Crippen molar-refractivity contribution in [2.75, 3.05) is 0 Å². The maximum atomic E-state index is 12.9. The summed E-state index contributed by atoms with van der Waals surface area (Å²) in [5.74, 6) is -2.30. The van der Waals surface area contributed by atoms with Crippen molar-refractivity contribution in [2.45, 2.75) is 18.9 Å². The molecule has 1 aliphatic carbocycles. The first-order valence-corrected chi connectivity index (χ1v) is 4.79. The molecular formula is C11H11FO3. The van der Waals surface area contributed by atoms with Gasteiger partial charge in [-0.15, -0.1) is 0 Å². The molecule has 0 aromatic heterocycles. The Balaban J connectivity index is 2.40. The largest absolute Gasteiger partial charge is 0.481 e. The molecule has 0 radical (unpaired) electrons. The average molecular weight is 210 g/mol. The number of hydrogen-bond acceptors (Lipinski definition) is 2. The number of halogens is 1. The molecule has 0 aliphatic heterocycles. The van der Waals surface area contributed by atoms with E-state index in [4.69, 9.17) is 5.11 Å². The molecule has 80 valence electrons. The molecule has 2 atom stereocenters. The van der Waals surface area contributed by atoms with Crippen molar-refractivity contribution in [2.24, 2.45) is 5.92 Å². The number of fused-ring (bicyclic) bond motifs is 1. The topological polar surface area (TPSA) is 57.5 Å². The van der Waals surface area contributed by atoms with Crippen LogP contribution in [0.5, 0.6) is 0 Å². The van der Waals surface area contributed by atoms with E-state index < -0.39 is 23.8 Å². The van der Waals surface area contributed by atoms with Gasteiger partial charge in [-0.1, -0.05) is 6.07 Å². The number of aliphatic carboxylic acids is 1. The molecule has 2 N–H and O–H groups in total. The molecule has 15 heavy (non-hydrogen) atoms. The van der Waals surface area contributed by atoms with Gasteiger partial charge in [-0.3, -0.25) is 4.79 Å². The third-order valence-electron chi connectivity index (χ3n) is 2.85. The third kappa shape index (κ3) is 1.72. The minimum Gasteiger partial charge on any atom is -0.481 e. The van der Waals surface area contributed by atoms with E-state index in [2.05, 4.69) is 0 Å². The Morgan fingerprint density at radius 3 is 2.87 bits per heavy atom. The van der Waals surface area contributed by atoms with Gasteiger partial charge in [-0.25, -0.2) is 4.39 Å². The third-order valence-corrected chi connectivity index (χ3v) is 2.85. The van der Waals surface area contributed by atoms with Gasteiger partial charge in [0.1, 0.15) is 5.82 Å². The summed E-state index contributed by atoms with van der Waals surface area (Å²) in [5, 5.41) is 18.6. The quantitative estimate of drug-likeness (QED) is 0.738. The Labute approximate surface area is 86.2 Å². The fraction of sp³-hybridized carbons (Fsp3) is 0.364. The van der Waals surface area contributed by atoms with Crippen LogP contribution in [0.4, 0.5) is 4.39 Å². The van der Waals surface area contributed by atoms with Gasteiger partial charge in [0.2, 0.25) is 0 Å². The standard InChI is InChI=1S/C11H11FO3/c12-7-3-1-6-2-4-8(11(14)15)10(13)9(6)5-7/h1,3,5,8,10,13H,2,4H2,(H,14,15). The highest BCUT2D eigenvalue weighted by Crippen LogP contribution is 2.34. The van der Waals surface area contributed by atoms with Gasteiger partial charge in [0.15, 0.2) is 0 Å². The van der Waals surface area contributed by atoms with Crippen LogP contribution in [0, 0.1) is 11.7 Å². The number of aliphatic hydroxyl groups is 1. The van der Waals surface area contributed by atoms with Crippen molar-refractivity contribution in [3.63, 3.8) is 0 Å². The molecule has 0 amide bonds. The van der Waals surface area contributed by atoms with E-state index in [0.717, 1.165) is 5.56 Å². The lowest BCUT2D eigenvalue weighted by atomic mass is 9.81. The van der Waals surface area contributed by atoms with E-state index in [1.54, 1.807) is 6.07 Å². The molecule has 0 bridgehead atoms. The Morgan fingerprint density at radius 2 is 2.20 bits per heavy atom. The highest BCUT2D eigenvalue weighted by molar-refractivity contribution is 5.71. The van der Waals surface area contributed by atoms with Crippen LogP contribution >= 0.6 is 0 Å². The normalized spacial score (nSPS) is 24.7. The van der Waals surface area contributed by atoms with E-state index in [1.165, 1.54) is 12.1 Å². The summed E-state index contributed by atoms with van der Waals surface area (Å²) in [4.78, 5) is 10.8. The second-order valence-electron chi connectivity index (χ2n) is 3.77. The Hall–Kier alpha value is -1.42. The van der Waals surface area contributed by atoms with Gasteiger partial charge in [-0.2, -0.15) is 0 Å². The van der Waals surface area contributed by atoms with Gasteiger partial charge in [0.05, 0.1) is 12.0 Å². The van der Waals surface area contributed by atoms with Crippen LogP contribution in [0.15, 0.2) is 18.2 Å². The number of carboxylic acids is 1. The second kappa shape index (κ2) is 3.62. The molecule has 0 saturated carbocycles. The van der Waals surface area contributed by atoms with Gasteiger partial charge in [0.25, 0.3) is 0 Å². The lowest BCUT2D eigenvalue weighted by Gasteiger charge is -2.27. The van der Waals surface area contributed by atoms with Crippen LogP contribution in [0.1, 0.15) is 23.7 Å². The lowest BCUT2D eigenvalue weighted by Crippen LogP contribution is -2.27. The Kier molecular flexibility index (Phi) is 2.44. The fourth-order valence-corrected chi connectivity index (χ4v) is 2.01. The zero-order chi connectivity index (χ0) is 11.0. The number of rotatable bonds is 1. The summed E-state index contributed by atoms with van der Waals surface area (Å²) < 4.78 is 12.9.